The number of aromatic nitrogens is 2. The lowest BCUT2D eigenvalue weighted by Gasteiger charge is -1.65. The lowest BCUT2D eigenvalue weighted by Crippen LogP contribution is -1.67. The summed E-state index contributed by atoms with van der Waals surface area (Å²) in [6.45, 7) is 1.78. The van der Waals surface area contributed by atoms with Gasteiger partial charge in [-0.15, -0.1) is 0 Å². The summed E-state index contributed by atoms with van der Waals surface area (Å²) in [7, 11) is 0. The summed E-state index contributed by atoms with van der Waals surface area (Å²) in [5, 5.41) is 2.48. The zero-order valence-corrected chi connectivity index (χ0v) is 4.58. The predicted octanol–water partition coefficient (Wildman–Crippen LogP) is 1.29. The van der Waals surface area contributed by atoms with Crippen LogP contribution in [0.2, 0.25) is 0 Å². The first kappa shape index (κ1) is 4.52. The Labute approximate surface area is 46.8 Å². The van der Waals surface area contributed by atoms with Crippen molar-refractivity contribution < 1.29 is 5.95 Å². The second-order valence-corrected chi connectivity index (χ2v) is 1.52. The Balaban J connectivity index is 0.000000490. The lowest BCUT2D eigenvalue weighted by molar-refractivity contribution is 0.400. The van der Waals surface area contributed by atoms with E-state index in [1.54, 1.807) is 6.92 Å². The van der Waals surface area contributed by atoms with Gasteiger partial charge in [0.2, 0.25) is 0 Å². The molecule has 0 spiro atoms. The first-order valence-corrected chi connectivity index (χ1v) is 2.22. The summed E-state index contributed by atoms with van der Waals surface area (Å²) in [5.74, 6) is 0.713. The van der Waals surface area contributed by atoms with Crippen molar-refractivity contribution in [3.05, 3.63) is 10.7 Å². The molecule has 7 heavy (non-hydrogen) atoms. The van der Waals surface area contributed by atoms with Crippen LogP contribution in [0.3, 0.4) is 0 Å². The minimum Gasteiger partial charge on any atom is -0.348 e. The highest BCUT2D eigenvalue weighted by Crippen LogP contribution is 1.84. The Kier molecular flexibility index (Phi) is 0.941. The molecule has 1 rings (SSSR count). The monoisotopic (exact) mass is 118 g/mol. The fourth-order valence-corrected chi connectivity index (χ4v) is 0.479. The SMILES string of the molecule is Cc1nc(=S)o[nH]1.[HH]. The van der Waals surface area contributed by atoms with E-state index >= 15 is 0 Å². The van der Waals surface area contributed by atoms with Gasteiger partial charge in [0.25, 0.3) is 0 Å². The zero-order chi connectivity index (χ0) is 5.28. The van der Waals surface area contributed by atoms with E-state index in [1.165, 1.54) is 0 Å². The molecule has 3 nitrogen and oxygen atoms in total. The van der Waals surface area contributed by atoms with Crippen LogP contribution in [-0.2, 0) is 0 Å². The molecule has 0 radical (unpaired) electrons. The minimum absolute atomic E-state index is 0. The Morgan fingerprint density at radius 1 is 2.00 bits per heavy atom. The molecule has 0 aliphatic carbocycles. The van der Waals surface area contributed by atoms with E-state index in [0.717, 1.165) is 0 Å². The van der Waals surface area contributed by atoms with Gasteiger partial charge in [0, 0.05) is 1.43 Å². The van der Waals surface area contributed by atoms with Gasteiger partial charge in [-0.25, -0.2) is 5.16 Å². The molecule has 0 saturated heterocycles. The van der Waals surface area contributed by atoms with Gasteiger partial charge < -0.3 is 4.52 Å². The third-order valence-corrected chi connectivity index (χ3v) is 0.720. The summed E-state index contributed by atoms with van der Waals surface area (Å²) in [4.78, 5) is 3.97. The second kappa shape index (κ2) is 1.46. The number of hydrogen-bond acceptors (Lipinski definition) is 3. The van der Waals surface area contributed by atoms with Crippen LogP contribution in [-0.4, -0.2) is 10.1 Å². The minimum atomic E-state index is 0. The topological polar surface area (TPSA) is 41.8 Å². The lowest BCUT2D eigenvalue weighted by atomic mass is 10.8. The van der Waals surface area contributed by atoms with Gasteiger partial charge in [0.05, 0.1) is 0 Å². The molecule has 0 bridgehead atoms. The maximum atomic E-state index is 4.54. The molecule has 1 heterocycles. The van der Waals surface area contributed by atoms with Gasteiger partial charge in [-0.3, -0.25) is 0 Å². The molecule has 1 aromatic heterocycles. The van der Waals surface area contributed by atoms with Crippen LogP contribution < -0.4 is 0 Å². The van der Waals surface area contributed by atoms with E-state index in [-0.39, 0.29) is 6.26 Å². The highest BCUT2D eigenvalue weighted by atomic mass is 32.1. The van der Waals surface area contributed by atoms with E-state index in [4.69, 9.17) is 0 Å². The summed E-state index contributed by atoms with van der Waals surface area (Å²) >= 11 is 4.52. The van der Waals surface area contributed by atoms with Crippen LogP contribution >= 0.6 is 12.2 Å². The number of aryl methyl sites for hydroxylation is 1. The van der Waals surface area contributed by atoms with Crippen molar-refractivity contribution in [1.82, 2.24) is 10.1 Å². The Hall–Kier alpha value is -0.640. The molecular weight excluding hydrogens is 112 g/mol. The average Bonchev–Trinajstić information content (AvgIpc) is 1.87. The van der Waals surface area contributed by atoms with Crippen molar-refractivity contribution >= 4 is 12.2 Å². The highest BCUT2D eigenvalue weighted by Gasteiger charge is 1.83. The maximum absolute atomic E-state index is 4.54. The van der Waals surface area contributed by atoms with E-state index in [9.17, 15) is 0 Å². The van der Waals surface area contributed by atoms with Gasteiger partial charge in [-0.1, -0.05) is 0 Å². The first-order chi connectivity index (χ1) is 3.29. The van der Waals surface area contributed by atoms with Gasteiger partial charge in [-0.05, 0) is 19.1 Å². The van der Waals surface area contributed by atoms with Crippen LogP contribution in [0.15, 0.2) is 4.52 Å². The van der Waals surface area contributed by atoms with Gasteiger partial charge in [0.1, 0.15) is 5.82 Å². The molecule has 0 aliphatic rings. The van der Waals surface area contributed by atoms with E-state index in [1.807, 2.05) is 0 Å². The largest absolute Gasteiger partial charge is 0.348 e. The van der Waals surface area contributed by atoms with Crippen molar-refractivity contribution in [2.45, 2.75) is 6.92 Å². The van der Waals surface area contributed by atoms with Crippen LogP contribution in [0.4, 0.5) is 0 Å². The molecule has 1 aromatic rings. The van der Waals surface area contributed by atoms with Crippen LogP contribution in [0.25, 0.3) is 0 Å². The van der Waals surface area contributed by atoms with Crippen LogP contribution in [0.1, 0.15) is 7.25 Å². The van der Waals surface area contributed by atoms with Crippen molar-refractivity contribution in [2.24, 2.45) is 0 Å². The van der Waals surface area contributed by atoms with Crippen molar-refractivity contribution in [2.75, 3.05) is 0 Å². The number of H-pyrrole nitrogens is 1. The Morgan fingerprint density at radius 3 is 2.86 bits per heavy atom. The Morgan fingerprint density at radius 2 is 2.71 bits per heavy atom. The first-order valence-electron chi connectivity index (χ1n) is 1.81. The molecule has 1 N–H and O–H groups in total. The van der Waals surface area contributed by atoms with E-state index in [0.29, 0.717) is 5.82 Å². The molecule has 4 heteroatoms. The quantitative estimate of drug-likeness (QED) is 0.522. The number of aromatic amines is 1. The average molecular weight is 118 g/mol. The van der Waals surface area contributed by atoms with Gasteiger partial charge in [-0.2, -0.15) is 4.98 Å². The normalized spacial score (nSPS) is 9.29. The molecule has 0 amide bonds. The molecule has 40 valence electrons. The number of nitrogens with zero attached hydrogens (tertiary/aromatic N) is 1. The standard InChI is InChI=1S/C3H4N2OS.H2/c1-2-4-3(7)6-5-2;/h1H3,(H,4,5,7);1H. The fourth-order valence-electron chi connectivity index (χ4n) is 0.300. The molecule has 0 aromatic carbocycles. The second-order valence-electron chi connectivity index (χ2n) is 1.17. The Bertz CT molecular complexity index is 205. The van der Waals surface area contributed by atoms with E-state index in [2.05, 4.69) is 26.9 Å². The predicted molar refractivity (Wildman–Crippen MR) is 28.5 cm³/mol. The van der Waals surface area contributed by atoms with Gasteiger partial charge in [0.15, 0.2) is 0 Å². The highest BCUT2D eigenvalue weighted by molar-refractivity contribution is 7.71. The third-order valence-electron chi connectivity index (χ3n) is 0.545. The van der Waals surface area contributed by atoms with Gasteiger partial charge >= 0.3 is 4.84 Å². The summed E-state index contributed by atoms with van der Waals surface area (Å²) in [6, 6.07) is 0. The maximum Gasteiger partial charge on any atom is 0.314 e. The molecule has 0 fully saturated rings. The van der Waals surface area contributed by atoms with E-state index < -0.39 is 0 Å². The summed E-state index contributed by atoms with van der Waals surface area (Å²) < 4.78 is 4.54. The van der Waals surface area contributed by atoms with Crippen molar-refractivity contribution in [1.29, 1.82) is 0 Å². The number of rotatable bonds is 0. The van der Waals surface area contributed by atoms with Crippen LogP contribution in [0, 0.1) is 11.8 Å². The number of hydrogen-bond donors (Lipinski definition) is 1. The summed E-state index contributed by atoms with van der Waals surface area (Å²) in [5.41, 5.74) is 0. The molecular formula is C3H6N2OS. The zero-order valence-electron chi connectivity index (χ0n) is 3.76. The van der Waals surface area contributed by atoms with Crippen LogP contribution in [0.5, 0.6) is 0 Å². The molecule has 0 saturated carbocycles. The smallest absolute Gasteiger partial charge is 0.314 e. The van der Waals surface area contributed by atoms with Crippen molar-refractivity contribution in [3.63, 3.8) is 0 Å². The summed E-state index contributed by atoms with van der Waals surface area (Å²) in [6.07, 6.45) is 0. The fraction of sp³-hybridized carbons (Fsp3) is 0.333. The molecule has 0 unspecified atom stereocenters. The molecule has 0 atom stereocenters. The number of nitrogens with one attached hydrogen (secondary N) is 1. The third kappa shape index (κ3) is 0.866. The van der Waals surface area contributed by atoms with Crippen molar-refractivity contribution in [3.8, 4) is 0 Å². The molecule has 0 aliphatic heterocycles.